The molecule has 0 spiro atoms. The molecule has 126 valence electrons. The van der Waals surface area contributed by atoms with Gasteiger partial charge < -0.3 is 14.4 Å². The second-order valence-electron chi connectivity index (χ2n) is 5.56. The summed E-state index contributed by atoms with van der Waals surface area (Å²) in [6.45, 7) is 2.21. The Bertz CT molecular complexity index is 836. The zero-order chi connectivity index (χ0) is 17.8. The lowest BCUT2D eigenvalue weighted by atomic mass is 10.1. The van der Waals surface area contributed by atoms with Crippen LogP contribution in [0.5, 0.6) is 11.6 Å². The highest BCUT2D eigenvalue weighted by molar-refractivity contribution is 5.95. The molecule has 25 heavy (non-hydrogen) atoms. The molecule has 1 aromatic heterocycles. The summed E-state index contributed by atoms with van der Waals surface area (Å²) in [5, 5.41) is 8.86. The molecule has 0 unspecified atom stereocenters. The molecule has 1 aliphatic rings. The maximum Gasteiger partial charge on any atom is 0.308 e. The maximum atomic E-state index is 12.4. The van der Waals surface area contributed by atoms with Crippen LogP contribution in [0.3, 0.4) is 0 Å². The van der Waals surface area contributed by atoms with Gasteiger partial charge in [0.25, 0.3) is 5.91 Å². The molecular formula is C18H15N3O4. The van der Waals surface area contributed by atoms with Gasteiger partial charge in [0.1, 0.15) is 11.9 Å². The van der Waals surface area contributed by atoms with Gasteiger partial charge in [0.15, 0.2) is 0 Å². The van der Waals surface area contributed by atoms with Crippen LogP contribution in [0.25, 0.3) is 0 Å². The number of carbonyl (C=O) groups excluding carboxylic acids is 2. The van der Waals surface area contributed by atoms with Gasteiger partial charge in [-0.3, -0.25) is 9.59 Å². The maximum absolute atomic E-state index is 12.4. The van der Waals surface area contributed by atoms with Crippen LogP contribution in [0.1, 0.15) is 22.8 Å². The molecule has 1 amide bonds. The number of pyridine rings is 1. The van der Waals surface area contributed by atoms with Crippen molar-refractivity contribution < 1.29 is 19.1 Å². The van der Waals surface area contributed by atoms with Gasteiger partial charge in [0.2, 0.25) is 5.88 Å². The molecule has 0 aliphatic carbocycles. The molecular weight excluding hydrogens is 322 g/mol. The van der Waals surface area contributed by atoms with Crippen LogP contribution in [0, 0.1) is 11.3 Å². The summed E-state index contributed by atoms with van der Waals surface area (Å²) in [6, 6.07) is 11.6. The van der Waals surface area contributed by atoms with Crippen molar-refractivity contribution in [2.75, 3.05) is 13.1 Å². The van der Waals surface area contributed by atoms with Crippen molar-refractivity contribution in [3.8, 4) is 17.7 Å². The lowest BCUT2D eigenvalue weighted by molar-refractivity contribution is -0.131. The molecule has 0 N–H and O–H groups in total. The van der Waals surface area contributed by atoms with E-state index in [1.165, 1.54) is 13.1 Å². The molecule has 0 saturated carbocycles. The number of amides is 1. The molecule has 1 aromatic carbocycles. The number of nitrogens with zero attached hydrogens (tertiary/aromatic N) is 3. The summed E-state index contributed by atoms with van der Waals surface area (Å²) < 4.78 is 10.6. The van der Waals surface area contributed by atoms with E-state index in [9.17, 15) is 9.59 Å². The van der Waals surface area contributed by atoms with Crippen LogP contribution >= 0.6 is 0 Å². The first-order valence-electron chi connectivity index (χ1n) is 7.66. The summed E-state index contributed by atoms with van der Waals surface area (Å²) in [7, 11) is 0. The average molecular weight is 337 g/mol. The number of benzene rings is 1. The Morgan fingerprint density at radius 2 is 1.96 bits per heavy atom. The fourth-order valence-corrected chi connectivity index (χ4v) is 2.41. The lowest BCUT2D eigenvalue weighted by Gasteiger charge is -2.38. The fourth-order valence-electron chi connectivity index (χ4n) is 2.41. The quantitative estimate of drug-likeness (QED) is 0.624. The van der Waals surface area contributed by atoms with Gasteiger partial charge in [-0.15, -0.1) is 0 Å². The Hall–Kier alpha value is -3.40. The number of carbonyl (C=O) groups is 2. The Morgan fingerprint density at radius 1 is 1.24 bits per heavy atom. The average Bonchev–Trinajstić information content (AvgIpc) is 2.57. The van der Waals surface area contributed by atoms with Gasteiger partial charge >= 0.3 is 5.97 Å². The van der Waals surface area contributed by atoms with E-state index in [0.29, 0.717) is 35.8 Å². The normalized spacial score (nSPS) is 13.5. The Kier molecular flexibility index (Phi) is 4.61. The minimum atomic E-state index is -0.407. The molecule has 0 bridgehead atoms. The standard InChI is InChI=1S/C18H15N3O4/c1-12(22)24-15-4-2-14(3-5-15)18(23)21-10-16(11-21)25-17-8-13(9-19)6-7-20-17/h2-8,16H,10-11H2,1H3. The highest BCUT2D eigenvalue weighted by Gasteiger charge is 2.33. The van der Waals surface area contributed by atoms with Gasteiger partial charge in [-0.05, 0) is 30.3 Å². The number of nitriles is 1. The highest BCUT2D eigenvalue weighted by Crippen LogP contribution is 2.20. The van der Waals surface area contributed by atoms with E-state index in [-0.39, 0.29) is 12.0 Å². The third-order valence-electron chi connectivity index (χ3n) is 3.65. The largest absolute Gasteiger partial charge is 0.471 e. The molecule has 1 saturated heterocycles. The van der Waals surface area contributed by atoms with Crippen LogP contribution in [0.2, 0.25) is 0 Å². The summed E-state index contributed by atoms with van der Waals surface area (Å²) in [4.78, 5) is 29.0. The van der Waals surface area contributed by atoms with Crippen LogP contribution in [-0.4, -0.2) is 41.0 Å². The topological polar surface area (TPSA) is 92.5 Å². The Morgan fingerprint density at radius 3 is 2.60 bits per heavy atom. The highest BCUT2D eigenvalue weighted by atomic mass is 16.5. The first-order chi connectivity index (χ1) is 12.0. The minimum absolute atomic E-state index is 0.118. The van der Waals surface area contributed by atoms with E-state index in [2.05, 4.69) is 4.98 Å². The van der Waals surface area contributed by atoms with E-state index < -0.39 is 5.97 Å². The number of ether oxygens (including phenoxy) is 2. The number of hydrogen-bond acceptors (Lipinski definition) is 6. The second kappa shape index (κ2) is 7.01. The molecule has 0 radical (unpaired) electrons. The fraction of sp³-hybridized carbons (Fsp3) is 0.222. The third kappa shape index (κ3) is 3.93. The predicted molar refractivity (Wildman–Crippen MR) is 87.0 cm³/mol. The van der Waals surface area contributed by atoms with Crippen molar-refractivity contribution in [1.29, 1.82) is 5.26 Å². The van der Waals surface area contributed by atoms with E-state index in [1.807, 2.05) is 6.07 Å². The van der Waals surface area contributed by atoms with Crippen LogP contribution in [0.15, 0.2) is 42.6 Å². The Balaban J connectivity index is 1.54. The van der Waals surface area contributed by atoms with Crippen molar-refractivity contribution in [3.63, 3.8) is 0 Å². The van der Waals surface area contributed by atoms with Gasteiger partial charge in [0.05, 0.1) is 24.7 Å². The molecule has 3 rings (SSSR count). The first kappa shape index (κ1) is 16.5. The summed E-state index contributed by atoms with van der Waals surface area (Å²) in [5.74, 6) is 0.253. The van der Waals surface area contributed by atoms with Crippen molar-refractivity contribution in [2.24, 2.45) is 0 Å². The summed E-state index contributed by atoms with van der Waals surface area (Å²) in [6.07, 6.45) is 1.37. The molecule has 7 heteroatoms. The molecule has 2 aromatic rings. The van der Waals surface area contributed by atoms with Gasteiger partial charge in [-0.2, -0.15) is 5.26 Å². The van der Waals surface area contributed by atoms with E-state index >= 15 is 0 Å². The van der Waals surface area contributed by atoms with Gasteiger partial charge in [-0.25, -0.2) is 4.98 Å². The zero-order valence-electron chi connectivity index (χ0n) is 13.5. The Labute approximate surface area is 144 Å². The first-order valence-corrected chi connectivity index (χ1v) is 7.66. The number of rotatable bonds is 4. The molecule has 1 aliphatic heterocycles. The number of aromatic nitrogens is 1. The minimum Gasteiger partial charge on any atom is -0.471 e. The van der Waals surface area contributed by atoms with E-state index in [0.717, 1.165) is 0 Å². The van der Waals surface area contributed by atoms with E-state index in [1.54, 1.807) is 41.3 Å². The van der Waals surface area contributed by atoms with Crippen LogP contribution in [-0.2, 0) is 4.79 Å². The van der Waals surface area contributed by atoms with Crippen LogP contribution in [0.4, 0.5) is 0 Å². The molecule has 2 heterocycles. The van der Waals surface area contributed by atoms with Gasteiger partial charge in [-0.1, -0.05) is 0 Å². The van der Waals surface area contributed by atoms with Crippen molar-refractivity contribution >= 4 is 11.9 Å². The van der Waals surface area contributed by atoms with Gasteiger partial charge in [0, 0.05) is 24.8 Å². The van der Waals surface area contributed by atoms with E-state index in [4.69, 9.17) is 14.7 Å². The zero-order valence-corrected chi connectivity index (χ0v) is 13.5. The monoisotopic (exact) mass is 337 g/mol. The molecule has 0 atom stereocenters. The van der Waals surface area contributed by atoms with Crippen molar-refractivity contribution in [2.45, 2.75) is 13.0 Å². The smallest absolute Gasteiger partial charge is 0.308 e. The second-order valence-corrected chi connectivity index (χ2v) is 5.56. The lowest BCUT2D eigenvalue weighted by Crippen LogP contribution is -2.56. The molecule has 7 nitrogen and oxygen atoms in total. The number of hydrogen-bond donors (Lipinski definition) is 0. The SMILES string of the molecule is CC(=O)Oc1ccc(C(=O)N2CC(Oc3cc(C#N)ccn3)C2)cc1. The summed E-state index contributed by atoms with van der Waals surface area (Å²) in [5.41, 5.74) is 0.990. The molecule has 1 fully saturated rings. The van der Waals surface area contributed by atoms with Crippen molar-refractivity contribution in [1.82, 2.24) is 9.88 Å². The van der Waals surface area contributed by atoms with Crippen molar-refractivity contribution in [3.05, 3.63) is 53.7 Å². The number of likely N-dealkylation sites (tertiary alicyclic amines) is 1. The third-order valence-corrected chi connectivity index (χ3v) is 3.65. The van der Waals surface area contributed by atoms with Crippen LogP contribution < -0.4 is 9.47 Å². The summed E-state index contributed by atoms with van der Waals surface area (Å²) >= 11 is 0. The number of esters is 1. The predicted octanol–water partition coefficient (Wildman–Crippen LogP) is 1.78.